The summed E-state index contributed by atoms with van der Waals surface area (Å²) in [6.07, 6.45) is 5.07. The van der Waals surface area contributed by atoms with Crippen molar-refractivity contribution in [3.63, 3.8) is 0 Å². The predicted molar refractivity (Wildman–Crippen MR) is 96.6 cm³/mol. The molecule has 0 bridgehead atoms. The van der Waals surface area contributed by atoms with Crippen LogP contribution in [0.15, 0.2) is 36.7 Å². The van der Waals surface area contributed by atoms with E-state index in [9.17, 15) is 13.2 Å². The number of hydrogen-bond donors (Lipinski definition) is 1. The van der Waals surface area contributed by atoms with Gasteiger partial charge in [-0.15, -0.1) is 0 Å². The van der Waals surface area contributed by atoms with Gasteiger partial charge in [-0.1, -0.05) is 11.6 Å². The molecule has 1 N–H and O–H groups in total. The molecule has 25 heavy (non-hydrogen) atoms. The number of fused-ring (bicyclic) bond motifs is 1. The molecule has 1 aliphatic carbocycles. The second-order valence-electron chi connectivity index (χ2n) is 6.29. The molecule has 130 valence electrons. The maximum absolute atomic E-state index is 12.8. The van der Waals surface area contributed by atoms with Gasteiger partial charge in [0.1, 0.15) is 0 Å². The minimum absolute atomic E-state index is 0.137. The van der Waals surface area contributed by atoms with Gasteiger partial charge in [-0.05, 0) is 49.1 Å². The first-order chi connectivity index (χ1) is 11.9. The van der Waals surface area contributed by atoms with Gasteiger partial charge in [0, 0.05) is 17.1 Å². The second-order valence-corrected chi connectivity index (χ2v) is 8.68. The van der Waals surface area contributed by atoms with E-state index in [1.807, 2.05) is 6.07 Å². The number of anilines is 2. The lowest BCUT2D eigenvalue weighted by atomic mass is 9.99. The van der Waals surface area contributed by atoms with Gasteiger partial charge in [0.25, 0.3) is 5.91 Å². The monoisotopic (exact) mass is 377 g/mol. The standard InChI is InChI=1S/C17H16ClN3O3S/c18-12-1-4-16-11(7-12)5-6-21(17(16)22)14-8-13(9-19-10-14)20-25(23,24)15-2-3-15/h1,4,7-10,15,20H,2-3,5-6H2. The summed E-state index contributed by atoms with van der Waals surface area (Å²) < 4.78 is 26.7. The molecule has 1 saturated carbocycles. The van der Waals surface area contributed by atoms with Crippen LogP contribution in [0.3, 0.4) is 0 Å². The van der Waals surface area contributed by atoms with Crippen LogP contribution in [0, 0.1) is 0 Å². The molecule has 1 aromatic carbocycles. The summed E-state index contributed by atoms with van der Waals surface area (Å²) in [5.74, 6) is -0.137. The number of hydrogen-bond acceptors (Lipinski definition) is 4. The van der Waals surface area contributed by atoms with Gasteiger partial charge in [-0.3, -0.25) is 14.5 Å². The lowest BCUT2D eigenvalue weighted by molar-refractivity contribution is 0.0980. The maximum atomic E-state index is 12.8. The fourth-order valence-electron chi connectivity index (χ4n) is 2.96. The highest BCUT2D eigenvalue weighted by Gasteiger charge is 2.36. The molecule has 0 atom stereocenters. The Morgan fingerprint density at radius 2 is 2.00 bits per heavy atom. The molecule has 2 heterocycles. The number of benzene rings is 1. The molecule has 1 amide bonds. The van der Waals surface area contributed by atoms with Crippen molar-refractivity contribution in [2.75, 3.05) is 16.2 Å². The van der Waals surface area contributed by atoms with E-state index in [0.29, 0.717) is 47.8 Å². The number of nitrogens with one attached hydrogen (secondary N) is 1. The molecule has 6 nitrogen and oxygen atoms in total. The predicted octanol–water partition coefficient (Wildman–Crippen LogP) is 2.84. The number of amides is 1. The van der Waals surface area contributed by atoms with Crippen LogP contribution in [0.25, 0.3) is 0 Å². The molecule has 1 aliphatic heterocycles. The van der Waals surface area contributed by atoms with E-state index >= 15 is 0 Å². The summed E-state index contributed by atoms with van der Waals surface area (Å²) in [7, 11) is -3.36. The van der Waals surface area contributed by atoms with Crippen LogP contribution in [-0.4, -0.2) is 31.1 Å². The van der Waals surface area contributed by atoms with Crippen LogP contribution in [0.5, 0.6) is 0 Å². The number of pyridine rings is 1. The van der Waals surface area contributed by atoms with E-state index in [0.717, 1.165) is 5.56 Å². The van der Waals surface area contributed by atoms with Gasteiger partial charge in [-0.25, -0.2) is 8.42 Å². The Hall–Kier alpha value is -2.12. The Morgan fingerprint density at radius 3 is 2.76 bits per heavy atom. The number of halogens is 1. The van der Waals surface area contributed by atoms with E-state index in [4.69, 9.17) is 11.6 Å². The quantitative estimate of drug-likeness (QED) is 0.888. The zero-order chi connectivity index (χ0) is 17.6. The summed E-state index contributed by atoms with van der Waals surface area (Å²) >= 11 is 5.99. The van der Waals surface area contributed by atoms with Crippen molar-refractivity contribution in [3.05, 3.63) is 52.8 Å². The molecule has 0 radical (unpaired) electrons. The van der Waals surface area contributed by atoms with Gasteiger partial charge < -0.3 is 4.90 Å². The third kappa shape index (κ3) is 3.21. The van der Waals surface area contributed by atoms with Crippen molar-refractivity contribution in [1.82, 2.24) is 4.98 Å². The molecule has 0 unspecified atom stereocenters. The summed E-state index contributed by atoms with van der Waals surface area (Å²) in [6, 6.07) is 6.87. The van der Waals surface area contributed by atoms with Crippen LogP contribution >= 0.6 is 11.6 Å². The molecule has 0 saturated heterocycles. The van der Waals surface area contributed by atoms with Gasteiger partial charge in [0.2, 0.25) is 10.0 Å². The normalized spacial score (nSPS) is 17.3. The number of carbonyl (C=O) groups excluding carboxylic acids is 1. The van der Waals surface area contributed by atoms with Gasteiger partial charge in [0.15, 0.2) is 0 Å². The zero-order valence-electron chi connectivity index (χ0n) is 13.3. The average molecular weight is 378 g/mol. The van der Waals surface area contributed by atoms with Crippen molar-refractivity contribution >= 4 is 38.9 Å². The van der Waals surface area contributed by atoms with Crippen molar-refractivity contribution in [1.29, 1.82) is 0 Å². The lowest BCUT2D eigenvalue weighted by Crippen LogP contribution is -2.37. The van der Waals surface area contributed by atoms with Crippen molar-refractivity contribution in [3.8, 4) is 0 Å². The Kier molecular flexibility index (Phi) is 3.92. The maximum Gasteiger partial charge on any atom is 0.258 e. The zero-order valence-corrected chi connectivity index (χ0v) is 14.8. The van der Waals surface area contributed by atoms with Crippen LogP contribution in [0.4, 0.5) is 11.4 Å². The highest BCUT2D eigenvalue weighted by Crippen LogP contribution is 2.31. The molecular weight excluding hydrogens is 362 g/mol. The second kappa shape index (κ2) is 6.00. The largest absolute Gasteiger partial charge is 0.306 e. The van der Waals surface area contributed by atoms with Crippen LogP contribution in [-0.2, 0) is 16.4 Å². The molecular formula is C17H16ClN3O3S. The Balaban J connectivity index is 1.61. The highest BCUT2D eigenvalue weighted by atomic mass is 35.5. The minimum Gasteiger partial charge on any atom is -0.306 e. The van der Waals surface area contributed by atoms with Crippen molar-refractivity contribution in [2.24, 2.45) is 0 Å². The van der Waals surface area contributed by atoms with Gasteiger partial charge in [-0.2, -0.15) is 0 Å². The minimum atomic E-state index is -3.36. The Bertz CT molecular complexity index is 957. The number of sulfonamides is 1. The van der Waals surface area contributed by atoms with Crippen molar-refractivity contribution < 1.29 is 13.2 Å². The van der Waals surface area contributed by atoms with Crippen molar-refractivity contribution in [2.45, 2.75) is 24.5 Å². The molecule has 2 aliphatic rings. The number of aromatic nitrogens is 1. The molecule has 4 rings (SSSR count). The topological polar surface area (TPSA) is 79.4 Å². The molecule has 8 heteroatoms. The SMILES string of the molecule is O=C1c2ccc(Cl)cc2CCN1c1cncc(NS(=O)(=O)C2CC2)c1. The number of rotatable bonds is 4. The summed E-state index contributed by atoms with van der Waals surface area (Å²) in [5, 5.41) is 0.294. The third-order valence-corrected chi connectivity index (χ3v) is 6.51. The summed E-state index contributed by atoms with van der Waals surface area (Å²) in [6.45, 7) is 0.493. The van der Waals surface area contributed by atoms with E-state index in [2.05, 4.69) is 9.71 Å². The fraction of sp³-hybridized carbons (Fsp3) is 0.294. The first kappa shape index (κ1) is 16.4. The Morgan fingerprint density at radius 1 is 1.20 bits per heavy atom. The number of nitrogens with zero attached hydrogens (tertiary/aromatic N) is 2. The highest BCUT2D eigenvalue weighted by molar-refractivity contribution is 7.93. The summed E-state index contributed by atoms with van der Waals surface area (Å²) in [4.78, 5) is 18.5. The smallest absolute Gasteiger partial charge is 0.258 e. The van der Waals surface area contributed by atoms with Gasteiger partial charge in [0.05, 0.1) is 29.0 Å². The fourth-order valence-corrected chi connectivity index (χ4v) is 4.52. The first-order valence-corrected chi connectivity index (χ1v) is 9.93. The molecule has 1 fully saturated rings. The average Bonchev–Trinajstić information content (AvgIpc) is 3.40. The summed E-state index contributed by atoms with van der Waals surface area (Å²) in [5.41, 5.74) is 2.48. The lowest BCUT2D eigenvalue weighted by Gasteiger charge is -2.28. The van der Waals surface area contributed by atoms with Crippen LogP contribution in [0.2, 0.25) is 5.02 Å². The third-order valence-electron chi connectivity index (χ3n) is 4.41. The number of carbonyl (C=O) groups is 1. The van der Waals surface area contributed by atoms with Crippen LogP contribution < -0.4 is 9.62 Å². The van der Waals surface area contributed by atoms with Gasteiger partial charge >= 0.3 is 0 Å². The van der Waals surface area contributed by atoms with E-state index in [1.165, 1.54) is 6.20 Å². The molecule has 0 spiro atoms. The Labute approximate surface area is 150 Å². The molecule has 2 aromatic rings. The van der Waals surface area contributed by atoms with E-state index in [1.54, 1.807) is 29.3 Å². The van der Waals surface area contributed by atoms with E-state index < -0.39 is 10.0 Å². The van der Waals surface area contributed by atoms with E-state index in [-0.39, 0.29) is 11.2 Å². The van der Waals surface area contributed by atoms with Crippen LogP contribution in [0.1, 0.15) is 28.8 Å². The molecule has 1 aromatic heterocycles. The first-order valence-electron chi connectivity index (χ1n) is 8.01.